The molecule has 0 radical (unpaired) electrons. The summed E-state index contributed by atoms with van der Waals surface area (Å²) in [5, 5.41) is 3.85. The van der Waals surface area contributed by atoms with Crippen molar-refractivity contribution < 1.29 is 18.8 Å². The van der Waals surface area contributed by atoms with Crippen LogP contribution in [0.3, 0.4) is 0 Å². The fourth-order valence-corrected chi connectivity index (χ4v) is 2.75. The summed E-state index contributed by atoms with van der Waals surface area (Å²) < 4.78 is 16.2. The molecule has 120 valence electrons. The Kier molecular flexibility index (Phi) is 3.44. The summed E-state index contributed by atoms with van der Waals surface area (Å²) >= 11 is 0. The van der Waals surface area contributed by atoms with Gasteiger partial charge in [0.1, 0.15) is 19.0 Å². The number of aromatic nitrogens is 1. The van der Waals surface area contributed by atoms with Crippen molar-refractivity contribution in [1.29, 1.82) is 0 Å². The second kappa shape index (κ2) is 5.61. The van der Waals surface area contributed by atoms with Crippen LogP contribution in [0.15, 0.2) is 28.8 Å². The molecule has 1 aromatic carbocycles. The highest BCUT2D eigenvalue weighted by Gasteiger charge is 2.34. The topological polar surface area (TPSA) is 64.8 Å². The molecule has 1 aliphatic heterocycles. The van der Waals surface area contributed by atoms with Crippen molar-refractivity contribution in [3.63, 3.8) is 0 Å². The molecule has 1 aliphatic carbocycles. The van der Waals surface area contributed by atoms with Crippen molar-refractivity contribution in [1.82, 2.24) is 10.1 Å². The van der Waals surface area contributed by atoms with Gasteiger partial charge in [0.15, 0.2) is 17.2 Å². The summed E-state index contributed by atoms with van der Waals surface area (Å²) in [7, 11) is 0. The Morgan fingerprint density at radius 2 is 2.00 bits per heavy atom. The molecule has 0 saturated heterocycles. The average molecular weight is 314 g/mol. The molecule has 0 N–H and O–H groups in total. The van der Waals surface area contributed by atoms with Crippen molar-refractivity contribution >= 4 is 5.91 Å². The first-order valence-electron chi connectivity index (χ1n) is 7.83. The highest BCUT2D eigenvalue weighted by Crippen LogP contribution is 2.34. The van der Waals surface area contributed by atoms with Gasteiger partial charge < -0.3 is 18.9 Å². The van der Waals surface area contributed by atoms with E-state index in [0.29, 0.717) is 31.2 Å². The van der Waals surface area contributed by atoms with E-state index in [0.717, 1.165) is 29.9 Å². The highest BCUT2D eigenvalue weighted by molar-refractivity contribution is 5.92. The lowest BCUT2D eigenvalue weighted by molar-refractivity contribution is 0.0719. The van der Waals surface area contributed by atoms with E-state index in [9.17, 15) is 4.79 Å². The third-order valence-corrected chi connectivity index (χ3v) is 4.06. The molecule has 2 aliphatic rings. The fourth-order valence-electron chi connectivity index (χ4n) is 2.75. The van der Waals surface area contributed by atoms with E-state index in [-0.39, 0.29) is 11.9 Å². The van der Waals surface area contributed by atoms with Crippen molar-refractivity contribution in [3.05, 3.63) is 41.3 Å². The Morgan fingerprint density at radius 3 is 2.70 bits per heavy atom. The third-order valence-electron chi connectivity index (χ3n) is 4.06. The van der Waals surface area contributed by atoms with Gasteiger partial charge >= 0.3 is 0 Å². The van der Waals surface area contributed by atoms with Gasteiger partial charge in [-0.15, -0.1) is 0 Å². The third kappa shape index (κ3) is 2.88. The lowest BCUT2D eigenvalue weighted by Crippen LogP contribution is -2.32. The molecule has 23 heavy (non-hydrogen) atoms. The van der Waals surface area contributed by atoms with Crippen molar-refractivity contribution in [2.45, 2.75) is 32.4 Å². The Bertz CT molecular complexity index is 736. The summed E-state index contributed by atoms with van der Waals surface area (Å²) in [6.45, 7) is 3.45. The summed E-state index contributed by atoms with van der Waals surface area (Å²) in [6, 6.07) is 7.80. The van der Waals surface area contributed by atoms with Gasteiger partial charge in [0, 0.05) is 18.7 Å². The molecule has 0 spiro atoms. The SMILES string of the molecule is Cc1cc(C(=O)N(Cc2ccc3c(c2)OCCO3)C2CC2)no1. The lowest BCUT2D eigenvalue weighted by atomic mass is 10.1. The number of rotatable bonds is 4. The molecule has 6 heteroatoms. The zero-order valence-corrected chi connectivity index (χ0v) is 12.9. The number of ether oxygens (including phenoxy) is 2. The van der Waals surface area contributed by atoms with Crippen LogP contribution in [0.4, 0.5) is 0 Å². The van der Waals surface area contributed by atoms with Crippen LogP contribution in [0.1, 0.15) is 34.7 Å². The molecule has 1 amide bonds. The average Bonchev–Trinajstić information content (AvgIpc) is 3.32. The molecular formula is C17H18N2O4. The predicted octanol–water partition coefficient (Wildman–Crippen LogP) is 2.56. The van der Waals surface area contributed by atoms with Crippen LogP contribution >= 0.6 is 0 Å². The number of fused-ring (bicyclic) bond motifs is 1. The number of carbonyl (C=O) groups excluding carboxylic acids is 1. The molecule has 6 nitrogen and oxygen atoms in total. The molecule has 1 fully saturated rings. The second-order valence-electron chi connectivity index (χ2n) is 5.97. The molecule has 0 unspecified atom stereocenters. The van der Waals surface area contributed by atoms with Gasteiger partial charge in [0.05, 0.1) is 0 Å². The number of carbonyl (C=O) groups is 1. The van der Waals surface area contributed by atoms with Crippen LogP contribution in [0.25, 0.3) is 0 Å². The molecule has 2 heterocycles. The fraction of sp³-hybridized carbons (Fsp3) is 0.412. The van der Waals surface area contributed by atoms with Gasteiger partial charge in [-0.05, 0) is 37.5 Å². The molecule has 1 aromatic heterocycles. The molecule has 4 rings (SSSR count). The second-order valence-corrected chi connectivity index (χ2v) is 5.97. The van der Waals surface area contributed by atoms with E-state index in [1.54, 1.807) is 13.0 Å². The van der Waals surface area contributed by atoms with Crippen LogP contribution < -0.4 is 9.47 Å². The van der Waals surface area contributed by atoms with Gasteiger partial charge in [0.2, 0.25) is 0 Å². The van der Waals surface area contributed by atoms with Crippen molar-refractivity contribution in [3.8, 4) is 11.5 Å². The standard InChI is InChI=1S/C17H18N2O4/c1-11-8-14(18-23-11)17(20)19(13-3-4-13)10-12-2-5-15-16(9-12)22-7-6-21-15/h2,5,8-9,13H,3-4,6-7,10H2,1H3. The maximum absolute atomic E-state index is 12.7. The minimum absolute atomic E-state index is 0.0840. The number of amides is 1. The first-order valence-corrected chi connectivity index (χ1v) is 7.83. The molecule has 2 aromatic rings. The van der Waals surface area contributed by atoms with Crippen molar-refractivity contribution in [2.24, 2.45) is 0 Å². The first-order chi connectivity index (χ1) is 11.2. The van der Waals surface area contributed by atoms with Crippen LogP contribution in [-0.2, 0) is 6.54 Å². The number of benzene rings is 1. The van der Waals surface area contributed by atoms with Gasteiger partial charge in [-0.25, -0.2) is 0 Å². The summed E-state index contributed by atoms with van der Waals surface area (Å²) in [5.41, 5.74) is 1.39. The van der Waals surface area contributed by atoms with E-state index >= 15 is 0 Å². The largest absolute Gasteiger partial charge is 0.486 e. The predicted molar refractivity (Wildman–Crippen MR) is 81.6 cm³/mol. The molecule has 0 atom stereocenters. The number of nitrogens with zero attached hydrogens (tertiary/aromatic N) is 2. The first kappa shape index (κ1) is 14.1. The van der Waals surface area contributed by atoms with E-state index < -0.39 is 0 Å². The Balaban J connectivity index is 1.56. The summed E-state index contributed by atoms with van der Waals surface area (Å²) in [5.74, 6) is 2.06. The van der Waals surface area contributed by atoms with Crippen LogP contribution in [0.2, 0.25) is 0 Å². The normalized spacial score (nSPS) is 16.2. The molecule has 1 saturated carbocycles. The van der Waals surface area contributed by atoms with Gasteiger partial charge in [-0.3, -0.25) is 4.79 Å². The van der Waals surface area contributed by atoms with E-state index in [2.05, 4.69) is 5.16 Å². The molecular weight excluding hydrogens is 296 g/mol. The van der Waals surface area contributed by atoms with Crippen LogP contribution in [-0.4, -0.2) is 35.2 Å². The highest BCUT2D eigenvalue weighted by atomic mass is 16.6. The number of aryl methyl sites for hydroxylation is 1. The maximum atomic E-state index is 12.7. The zero-order chi connectivity index (χ0) is 15.8. The van der Waals surface area contributed by atoms with Crippen molar-refractivity contribution in [2.75, 3.05) is 13.2 Å². The quantitative estimate of drug-likeness (QED) is 0.868. The van der Waals surface area contributed by atoms with Crippen LogP contribution in [0.5, 0.6) is 11.5 Å². The Hall–Kier alpha value is -2.50. The van der Waals surface area contributed by atoms with Gasteiger partial charge in [-0.2, -0.15) is 0 Å². The summed E-state index contributed by atoms with van der Waals surface area (Å²) in [6.07, 6.45) is 2.07. The van der Waals surface area contributed by atoms with E-state index in [1.807, 2.05) is 23.1 Å². The summed E-state index contributed by atoms with van der Waals surface area (Å²) in [4.78, 5) is 14.5. The smallest absolute Gasteiger partial charge is 0.276 e. The Labute approximate surface area is 134 Å². The van der Waals surface area contributed by atoms with Crippen LogP contribution in [0, 0.1) is 6.92 Å². The minimum Gasteiger partial charge on any atom is -0.486 e. The van der Waals surface area contributed by atoms with E-state index in [1.165, 1.54) is 0 Å². The Morgan fingerprint density at radius 1 is 1.22 bits per heavy atom. The maximum Gasteiger partial charge on any atom is 0.276 e. The minimum atomic E-state index is -0.0840. The lowest BCUT2D eigenvalue weighted by Gasteiger charge is -2.23. The van der Waals surface area contributed by atoms with Gasteiger partial charge in [-0.1, -0.05) is 11.2 Å². The number of hydrogen-bond donors (Lipinski definition) is 0. The van der Waals surface area contributed by atoms with E-state index in [4.69, 9.17) is 14.0 Å². The molecule has 0 bridgehead atoms. The zero-order valence-electron chi connectivity index (χ0n) is 12.9. The van der Waals surface area contributed by atoms with Gasteiger partial charge in [0.25, 0.3) is 5.91 Å². The monoisotopic (exact) mass is 314 g/mol. The number of hydrogen-bond acceptors (Lipinski definition) is 5.